The van der Waals surface area contributed by atoms with Gasteiger partial charge in [-0.05, 0) is 104 Å². The molecule has 0 aromatic heterocycles. The van der Waals surface area contributed by atoms with Crippen LogP contribution in [0.15, 0.2) is 157 Å². The molecule has 0 saturated heterocycles. The fraction of sp³-hybridized carbons (Fsp3) is 0.0227. The molecular formula is C44H28FNO2. The number of aliphatic hydroxyl groups is 1. The second-order valence-electron chi connectivity index (χ2n) is 12.4. The van der Waals surface area contributed by atoms with Crippen molar-refractivity contribution >= 4 is 72.0 Å². The number of aliphatic hydroxyl groups excluding tert-OH is 1. The van der Waals surface area contributed by atoms with E-state index in [0.29, 0.717) is 22.1 Å². The highest BCUT2D eigenvalue weighted by molar-refractivity contribution is 6.18. The van der Waals surface area contributed by atoms with Crippen molar-refractivity contribution in [1.29, 1.82) is 0 Å². The monoisotopic (exact) mass is 621 g/mol. The van der Waals surface area contributed by atoms with Crippen LogP contribution in [-0.2, 0) is 0 Å². The van der Waals surface area contributed by atoms with E-state index in [9.17, 15) is 14.3 Å². The summed E-state index contributed by atoms with van der Waals surface area (Å²) >= 11 is 0. The Morgan fingerprint density at radius 2 is 1.15 bits per heavy atom. The molecule has 0 radical (unpaired) electrons. The molecule has 48 heavy (non-hydrogen) atoms. The molecule has 8 aromatic rings. The molecule has 0 heterocycles. The van der Waals surface area contributed by atoms with Crippen LogP contribution in [0.5, 0.6) is 0 Å². The van der Waals surface area contributed by atoms with Gasteiger partial charge in [0, 0.05) is 33.3 Å². The van der Waals surface area contributed by atoms with E-state index in [2.05, 4.69) is 53.4 Å². The predicted molar refractivity (Wildman–Crippen MR) is 195 cm³/mol. The van der Waals surface area contributed by atoms with E-state index < -0.39 is 6.10 Å². The predicted octanol–water partition coefficient (Wildman–Crippen LogP) is 11.2. The first-order valence-corrected chi connectivity index (χ1v) is 16.0. The molecule has 228 valence electrons. The van der Waals surface area contributed by atoms with Gasteiger partial charge in [0.1, 0.15) is 11.9 Å². The topological polar surface area (TPSA) is 40.5 Å². The van der Waals surface area contributed by atoms with Crippen LogP contribution in [0.2, 0.25) is 0 Å². The number of carbonyl (C=O) groups is 1. The Morgan fingerprint density at radius 3 is 1.92 bits per heavy atom. The maximum absolute atomic E-state index is 15.0. The van der Waals surface area contributed by atoms with Crippen molar-refractivity contribution in [3.8, 4) is 0 Å². The van der Waals surface area contributed by atoms with Gasteiger partial charge in [0.15, 0.2) is 5.78 Å². The molecule has 3 nitrogen and oxygen atoms in total. The summed E-state index contributed by atoms with van der Waals surface area (Å²) in [5.74, 6) is -0.397. The summed E-state index contributed by atoms with van der Waals surface area (Å²) in [4.78, 5) is 15.6. The fourth-order valence-electron chi connectivity index (χ4n) is 7.13. The highest BCUT2D eigenvalue weighted by Gasteiger charge is 2.33. The van der Waals surface area contributed by atoms with Crippen LogP contribution in [0.1, 0.15) is 27.6 Å². The van der Waals surface area contributed by atoms with Crippen LogP contribution in [0.3, 0.4) is 0 Å². The van der Waals surface area contributed by atoms with Crippen molar-refractivity contribution < 1.29 is 14.3 Å². The van der Waals surface area contributed by atoms with Gasteiger partial charge in [-0.1, -0.05) is 97.1 Å². The highest BCUT2D eigenvalue weighted by Crippen LogP contribution is 2.42. The molecule has 0 saturated carbocycles. The van der Waals surface area contributed by atoms with Crippen LogP contribution in [0, 0.1) is 5.82 Å². The molecule has 4 heteroatoms. The molecule has 1 unspecified atom stereocenters. The number of rotatable bonds is 4. The molecule has 1 aliphatic rings. The lowest BCUT2D eigenvalue weighted by molar-refractivity contribution is 0.102. The minimum Gasteiger partial charge on any atom is -0.383 e. The molecular weight excluding hydrogens is 593 g/mol. The van der Waals surface area contributed by atoms with Crippen LogP contribution in [0.25, 0.3) is 49.2 Å². The number of halogens is 1. The first-order valence-electron chi connectivity index (χ1n) is 16.0. The Labute approximate surface area is 276 Å². The van der Waals surface area contributed by atoms with Gasteiger partial charge >= 0.3 is 0 Å². The summed E-state index contributed by atoms with van der Waals surface area (Å²) in [6, 6.07) is 49.6. The Hall–Kier alpha value is -6.10. The molecule has 0 amide bonds. The number of hydrogen-bond acceptors (Lipinski definition) is 3. The molecule has 1 N–H and O–H groups in total. The summed E-state index contributed by atoms with van der Waals surface area (Å²) in [5, 5.41) is 18.8. The number of nitrogens with zero attached hydrogens (tertiary/aromatic N) is 1. The molecule has 1 aliphatic carbocycles. The van der Waals surface area contributed by atoms with E-state index in [4.69, 9.17) is 0 Å². The van der Waals surface area contributed by atoms with Crippen molar-refractivity contribution in [3.05, 3.63) is 180 Å². The summed E-state index contributed by atoms with van der Waals surface area (Å²) in [7, 11) is 0. The summed E-state index contributed by atoms with van der Waals surface area (Å²) in [5.41, 5.74) is 5.20. The molecule has 0 bridgehead atoms. The van der Waals surface area contributed by atoms with Gasteiger partial charge in [-0.2, -0.15) is 0 Å². The van der Waals surface area contributed by atoms with Gasteiger partial charge in [0.25, 0.3) is 0 Å². The summed E-state index contributed by atoms with van der Waals surface area (Å²) in [6.07, 6.45) is 0.827. The Morgan fingerprint density at radius 1 is 0.562 bits per heavy atom. The second-order valence-corrected chi connectivity index (χ2v) is 12.4. The quantitative estimate of drug-likeness (QED) is 0.199. The standard InChI is InChI=1S/C44H28FNO2/c45-41-13-5-12-37-36(41)11-6-14-42(37)46(34-19-17-28-7-1-2-8-29(28)23-34)35-20-18-32-21-27(15-16-33(32)24-35)22-40-43(47)38-25-30-9-3-4-10-31(30)26-39(38)44(40)48/h1-26,43,47H/b40-22-. The minimum absolute atomic E-state index is 0.142. The van der Waals surface area contributed by atoms with E-state index in [1.807, 2.05) is 91.0 Å². The molecule has 1 atom stereocenters. The van der Waals surface area contributed by atoms with Crippen molar-refractivity contribution in [2.24, 2.45) is 0 Å². The fourth-order valence-corrected chi connectivity index (χ4v) is 7.13. The Balaban J connectivity index is 1.14. The number of hydrogen-bond donors (Lipinski definition) is 1. The first-order chi connectivity index (χ1) is 23.5. The van der Waals surface area contributed by atoms with Crippen LogP contribution in [-0.4, -0.2) is 10.9 Å². The average Bonchev–Trinajstić information content (AvgIpc) is 3.34. The van der Waals surface area contributed by atoms with Gasteiger partial charge in [0.05, 0.1) is 5.69 Å². The Kier molecular flexibility index (Phi) is 6.46. The zero-order valence-corrected chi connectivity index (χ0v) is 25.8. The lowest BCUT2D eigenvalue weighted by Gasteiger charge is -2.27. The number of fused-ring (bicyclic) bond motifs is 5. The van der Waals surface area contributed by atoms with E-state index in [1.165, 1.54) is 6.07 Å². The second kappa shape index (κ2) is 11.0. The van der Waals surface area contributed by atoms with Gasteiger partial charge in [-0.25, -0.2) is 4.39 Å². The molecule has 9 rings (SSSR count). The van der Waals surface area contributed by atoms with Gasteiger partial charge < -0.3 is 10.0 Å². The van der Waals surface area contributed by atoms with Gasteiger partial charge in [-0.3, -0.25) is 4.79 Å². The zero-order chi connectivity index (χ0) is 32.4. The van der Waals surface area contributed by atoms with E-state index in [1.54, 1.807) is 12.1 Å². The Bertz CT molecular complexity index is 2640. The summed E-state index contributed by atoms with van der Waals surface area (Å²) in [6.45, 7) is 0. The largest absolute Gasteiger partial charge is 0.383 e. The lowest BCUT2D eigenvalue weighted by Crippen LogP contribution is -2.10. The molecule has 8 aromatic carbocycles. The number of carbonyl (C=O) groups excluding carboxylic acids is 1. The molecule has 0 aliphatic heterocycles. The van der Waals surface area contributed by atoms with Crippen molar-refractivity contribution in [1.82, 2.24) is 0 Å². The first kappa shape index (κ1) is 28.1. The van der Waals surface area contributed by atoms with Crippen LogP contribution >= 0.6 is 0 Å². The third kappa shape index (κ3) is 4.57. The SMILES string of the molecule is O=C1/C(=C\c2ccc3cc(N(c4ccc5ccccc5c4)c4cccc5c(F)cccc45)ccc3c2)C(O)c2cc3ccccc3cc21. The van der Waals surface area contributed by atoms with E-state index in [0.717, 1.165) is 60.3 Å². The van der Waals surface area contributed by atoms with Crippen LogP contribution < -0.4 is 4.90 Å². The number of benzene rings is 8. The number of anilines is 3. The van der Waals surface area contributed by atoms with E-state index >= 15 is 0 Å². The van der Waals surface area contributed by atoms with Crippen molar-refractivity contribution in [3.63, 3.8) is 0 Å². The normalized spacial score (nSPS) is 15.2. The molecule has 0 spiro atoms. The number of ketones is 1. The summed E-state index contributed by atoms with van der Waals surface area (Å²) < 4.78 is 15.0. The highest BCUT2D eigenvalue weighted by atomic mass is 19.1. The third-order valence-electron chi connectivity index (χ3n) is 9.52. The van der Waals surface area contributed by atoms with Gasteiger partial charge in [0.2, 0.25) is 0 Å². The lowest BCUT2D eigenvalue weighted by atomic mass is 10.0. The smallest absolute Gasteiger partial charge is 0.192 e. The van der Waals surface area contributed by atoms with Gasteiger partial charge in [-0.15, -0.1) is 0 Å². The number of Topliss-reactive ketones (excluding diaryl/α,β-unsaturated/α-hetero) is 1. The maximum atomic E-state index is 15.0. The maximum Gasteiger partial charge on any atom is 0.192 e. The minimum atomic E-state index is -0.976. The zero-order valence-electron chi connectivity index (χ0n) is 25.8. The molecule has 0 fully saturated rings. The van der Waals surface area contributed by atoms with Crippen molar-refractivity contribution in [2.45, 2.75) is 6.10 Å². The van der Waals surface area contributed by atoms with Crippen molar-refractivity contribution in [2.75, 3.05) is 4.90 Å². The van der Waals surface area contributed by atoms with Crippen LogP contribution in [0.4, 0.5) is 21.5 Å². The van der Waals surface area contributed by atoms with E-state index in [-0.39, 0.29) is 11.6 Å². The average molecular weight is 622 g/mol. The third-order valence-corrected chi connectivity index (χ3v) is 9.52.